The van der Waals surface area contributed by atoms with E-state index in [0.29, 0.717) is 5.56 Å². The molecule has 1 atom stereocenters. The van der Waals surface area contributed by atoms with Gasteiger partial charge in [0.15, 0.2) is 15.7 Å². The highest BCUT2D eigenvalue weighted by Gasteiger charge is 2.25. The predicted octanol–water partition coefficient (Wildman–Crippen LogP) is 3.36. The van der Waals surface area contributed by atoms with Gasteiger partial charge in [0.1, 0.15) is 17.5 Å². The van der Waals surface area contributed by atoms with Crippen molar-refractivity contribution in [2.75, 3.05) is 17.2 Å². The van der Waals surface area contributed by atoms with Gasteiger partial charge in [0, 0.05) is 19.4 Å². The number of halogens is 3. The third-order valence-electron chi connectivity index (χ3n) is 6.54. The van der Waals surface area contributed by atoms with Crippen LogP contribution in [-0.4, -0.2) is 48.7 Å². The van der Waals surface area contributed by atoms with Gasteiger partial charge in [-0.25, -0.2) is 30.6 Å². The number of nitrogens with zero attached hydrogens (tertiary/aromatic N) is 4. The Kier molecular flexibility index (Phi) is 7.79. The molecule has 0 aliphatic carbocycles. The van der Waals surface area contributed by atoms with Gasteiger partial charge in [0.05, 0.1) is 50.6 Å². The number of aromatic nitrogens is 4. The summed E-state index contributed by atoms with van der Waals surface area (Å²) in [6.07, 6.45) is 1.90. The molecule has 0 aliphatic heterocycles. The highest BCUT2D eigenvalue weighted by molar-refractivity contribution is 7.92. The zero-order valence-electron chi connectivity index (χ0n) is 23.0. The van der Waals surface area contributed by atoms with Crippen LogP contribution in [0.5, 0.6) is 0 Å². The largest absolute Gasteiger partial charge is 0.321 e. The van der Waals surface area contributed by atoms with Gasteiger partial charge in [0.2, 0.25) is 10.0 Å². The van der Waals surface area contributed by atoms with Crippen LogP contribution < -0.4 is 16.0 Å². The van der Waals surface area contributed by atoms with Crippen LogP contribution >= 0.6 is 11.6 Å². The maximum Gasteiger partial charge on any atom is 0.266 e. The Balaban J connectivity index is 1.81. The van der Waals surface area contributed by atoms with E-state index in [1.807, 2.05) is 0 Å². The van der Waals surface area contributed by atoms with E-state index in [1.165, 1.54) is 46.6 Å². The number of rotatable bonds is 8. The number of fused-ring (bicyclic) bond motifs is 2. The van der Waals surface area contributed by atoms with E-state index in [2.05, 4.69) is 14.8 Å². The SMILES string of the molecule is Cn1nc(NS(C)(=O)=O)c2c(Cl)ccc(-n3c(C(N)Cc4cc(F)cc(F)c4)nc4cc(CS(C)(=O)=O)ccc4c3=O)c21. The Morgan fingerprint density at radius 1 is 1.00 bits per heavy atom. The van der Waals surface area contributed by atoms with Crippen molar-refractivity contribution in [3.63, 3.8) is 0 Å². The van der Waals surface area contributed by atoms with Crippen LogP contribution in [0.4, 0.5) is 14.6 Å². The summed E-state index contributed by atoms with van der Waals surface area (Å²) < 4.78 is 80.7. The normalized spacial score (nSPS) is 13.1. The Hall–Kier alpha value is -3.92. The number of sulfonamides is 1. The molecule has 0 radical (unpaired) electrons. The molecule has 16 heteroatoms. The van der Waals surface area contributed by atoms with Crippen LogP contribution in [0.1, 0.15) is 23.0 Å². The molecule has 3 N–H and O–H groups in total. The Bertz CT molecular complexity index is 2200. The summed E-state index contributed by atoms with van der Waals surface area (Å²) in [7, 11) is -5.63. The van der Waals surface area contributed by atoms with Crippen LogP contribution in [0.2, 0.25) is 5.02 Å². The number of sulfone groups is 1. The molecule has 226 valence electrons. The van der Waals surface area contributed by atoms with Gasteiger partial charge in [-0.3, -0.25) is 18.8 Å². The Morgan fingerprint density at radius 3 is 2.30 bits per heavy atom. The first-order valence-electron chi connectivity index (χ1n) is 12.6. The van der Waals surface area contributed by atoms with Crippen LogP contribution in [0.3, 0.4) is 0 Å². The van der Waals surface area contributed by atoms with Crippen LogP contribution in [-0.2, 0) is 39.1 Å². The molecule has 0 aliphatic rings. The van der Waals surface area contributed by atoms with Gasteiger partial charge < -0.3 is 5.73 Å². The fourth-order valence-corrected chi connectivity index (χ4v) is 6.50. The Morgan fingerprint density at radius 2 is 1.67 bits per heavy atom. The summed E-state index contributed by atoms with van der Waals surface area (Å²) in [6.45, 7) is 0. The summed E-state index contributed by atoms with van der Waals surface area (Å²) in [5.41, 5.74) is 7.20. The summed E-state index contributed by atoms with van der Waals surface area (Å²) in [5.74, 6) is -1.99. The standard InChI is InChI=1S/C27H25ClF2N6O5S2/c1-35-24-22(7-6-19(28)23(24)25(33-35)34-43(3,40)41)36-26(20(31)10-15-8-16(29)12-17(30)9-15)32-21-11-14(13-42(2,38)39)4-5-18(21)27(36)37/h4-9,11-12,20H,10,13,31H2,1-3H3,(H,33,34). The first-order valence-corrected chi connectivity index (χ1v) is 16.9. The fourth-order valence-electron chi connectivity index (χ4n) is 4.98. The van der Waals surface area contributed by atoms with Gasteiger partial charge in [0.25, 0.3) is 5.56 Å². The minimum Gasteiger partial charge on any atom is -0.321 e. The highest BCUT2D eigenvalue weighted by atomic mass is 35.5. The van der Waals surface area contributed by atoms with Crippen molar-refractivity contribution in [2.45, 2.75) is 18.2 Å². The monoisotopic (exact) mass is 650 g/mol. The number of hydrogen-bond donors (Lipinski definition) is 2. The van der Waals surface area contributed by atoms with E-state index >= 15 is 0 Å². The minimum atomic E-state index is -3.76. The van der Waals surface area contributed by atoms with Gasteiger partial charge in [-0.2, -0.15) is 5.10 Å². The van der Waals surface area contributed by atoms with E-state index in [9.17, 15) is 30.4 Å². The third-order valence-corrected chi connectivity index (χ3v) is 8.27. The van der Waals surface area contributed by atoms with Crippen molar-refractivity contribution < 1.29 is 25.6 Å². The lowest BCUT2D eigenvalue weighted by Gasteiger charge is -2.20. The van der Waals surface area contributed by atoms with E-state index < -0.39 is 43.1 Å². The molecule has 5 rings (SSSR count). The van der Waals surface area contributed by atoms with Crippen molar-refractivity contribution >= 4 is 59.1 Å². The van der Waals surface area contributed by atoms with E-state index in [4.69, 9.17) is 17.3 Å². The Labute approximate surface area is 249 Å². The van der Waals surface area contributed by atoms with E-state index in [-0.39, 0.29) is 61.9 Å². The second-order valence-electron chi connectivity index (χ2n) is 10.3. The maximum absolute atomic E-state index is 14.1. The zero-order chi connectivity index (χ0) is 31.4. The van der Waals surface area contributed by atoms with Crippen molar-refractivity contribution in [1.82, 2.24) is 19.3 Å². The summed E-state index contributed by atoms with van der Waals surface area (Å²) in [5, 5.41) is 4.73. The first kappa shape index (κ1) is 30.5. The lowest BCUT2D eigenvalue weighted by molar-refractivity contribution is 0.572. The second-order valence-corrected chi connectivity index (χ2v) is 14.6. The molecule has 1 unspecified atom stereocenters. The number of hydrogen-bond acceptors (Lipinski definition) is 8. The fraction of sp³-hybridized carbons (Fsp3) is 0.222. The molecule has 0 amide bonds. The summed E-state index contributed by atoms with van der Waals surface area (Å²) >= 11 is 6.47. The number of nitrogens with two attached hydrogens (primary N) is 1. The van der Waals surface area contributed by atoms with Crippen molar-refractivity contribution in [3.05, 3.63) is 92.5 Å². The molecule has 2 heterocycles. The number of anilines is 1. The summed E-state index contributed by atoms with van der Waals surface area (Å²) in [4.78, 5) is 18.8. The van der Waals surface area contributed by atoms with Gasteiger partial charge in [-0.1, -0.05) is 17.7 Å². The molecule has 0 saturated heterocycles. The topological polar surface area (TPSA) is 159 Å². The molecule has 0 fully saturated rings. The molecular formula is C27H25ClF2N6O5S2. The average molecular weight is 651 g/mol. The minimum absolute atomic E-state index is 0.0129. The van der Waals surface area contributed by atoms with Crippen molar-refractivity contribution in [1.29, 1.82) is 0 Å². The quantitative estimate of drug-likeness (QED) is 0.259. The molecule has 3 aromatic carbocycles. The zero-order valence-corrected chi connectivity index (χ0v) is 25.4. The summed E-state index contributed by atoms with van der Waals surface area (Å²) in [6, 6.07) is 9.24. The lowest BCUT2D eigenvalue weighted by atomic mass is 10.0. The molecule has 43 heavy (non-hydrogen) atoms. The lowest BCUT2D eigenvalue weighted by Crippen LogP contribution is -2.30. The molecule has 0 saturated carbocycles. The van der Waals surface area contributed by atoms with Crippen LogP contribution in [0.15, 0.2) is 53.3 Å². The third kappa shape index (κ3) is 6.39. The number of benzene rings is 3. The average Bonchev–Trinajstić information content (AvgIpc) is 3.17. The highest BCUT2D eigenvalue weighted by Crippen LogP contribution is 2.35. The molecule has 0 spiro atoms. The van der Waals surface area contributed by atoms with E-state index in [1.54, 1.807) is 0 Å². The van der Waals surface area contributed by atoms with Gasteiger partial charge >= 0.3 is 0 Å². The number of nitrogens with one attached hydrogen (secondary N) is 1. The van der Waals surface area contributed by atoms with Gasteiger partial charge in [-0.05, 0) is 53.9 Å². The number of aryl methyl sites for hydroxylation is 1. The predicted molar refractivity (Wildman–Crippen MR) is 161 cm³/mol. The molecule has 11 nitrogen and oxygen atoms in total. The van der Waals surface area contributed by atoms with E-state index in [0.717, 1.165) is 30.7 Å². The second kappa shape index (κ2) is 11.0. The molecule has 0 bridgehead atoms. The van der Waals surface area contributed by atoms with Crippen LogP contribution in [0.25, 0.3) is 27.5 Å². The van der Waals surface area contributed by atoms with Crippen molar-refractivity contribution in [2.24, 2.45) is 12.8 Å². The molecular weight excluding hydrogens is 626 g/mol. The molecule has 2 aromatic heterocycles. The van der Waals surface area contributed by atoms with Gasteiger partial charge in [-0.15, -0.1) is 0 Å². The van der Waals surface area contributed by atoms with Crippen LogP contribution in [0, 0.1) is 11.6 Å². The van der Waals surface area contributed by atoms with Crippen molar-refractivity contribution in [3.8, 4) is 5.69 Å². The molecule has 5 aromatic rings. The maximum atomic E-state index is 14.1. The smallest absolute Gasteiger partial charge is 0.266 e. The first-order chi connectivity index (χ1) is 20.0.